The van der Waals surface area contributed by atoms with Crippen LogP contribution in [0.25, 0.3) is 0 Å². The van der Waals surface area contributed by atoms with E-state index in [4.69, 9.17) is 14.2 Å². The lowest BCUT2D eigenvalue weighted by atomic mass is 10.2. The fourth-order valence-corrected chi connectivity index (χ4v) is 2.57. The molecule has 1 heterocycles. The maximum atomic E-state index is 12.1. The van der Waals surface area contributed by atoms with Crippen LogP contribution in [0, 0.1) is 0 Å². The Balaban J connectivity index is 2.15. The van der Waals surface area contributed by atoms with Crippen LogP contribution >= 0.6 is 0 Å². The zero-order valence-electron chi connectivity index (χ0n) is 15.8. The standard InChI is InChI=1S/C19H23N3O5/c1-13(23)22(9-8-21-19(24)14-6-5-7-20-12-14)15-10-16(25-2)18(27-4)17(11-15)26-3/h5-7,10-12H,8-9H2,1-4H3,(H,21,24). The number of nitrogens with one attached hydrogen (secondary N) is 1. The van der Waals surface area contributed by atoms with Gasteiger partial charge in [0.1, 0.15) is 0 Å². The molecule has 0 unspecified atom stereocenters. The van der Waals surface area contributed by atoms with Gasteiger partial charge in [0.25, 0.3) is 5.91 Å². The predicted octanol–water partition coefficient (Wildman–Crippen LogP) is 1.89. The van der Waals surface area contributed by atoms with Crippen LogP contribution in [0.1, 0.15) is 17.3 Å². The minimum Gasteiger partial charge on any atom is -0.493 e. The van der Waals surface area contributed by atoms with Crippen molar-refractivity contribution in [2.24, 2.45) is 0 Å². The number of benzene rings is 1. The number of ether oxygens (including phenoxy) is 3. The third kappa shape index (κ3) is 4.87. The first-order valence-electron chi connectivity index (χ1n) is 8.28. The van der Waals surface area contributed by atoms with Gasteiger partial charge >= 0.3 is 0 Å². The SMILES string of the molecule is COc1cc(N(CCNC(=O)c2cccnc2)C(C)=O)cc(OC)c1OC. The van der Waals surface area contributed by atoms with Gasteiger partial charge in [-0.05, 0) is 12.1 Å². The number of rotatable bonds is 8. The second kappa shape index (κ2) is 9.42. The van der Waals surface area contributed by atoms with Gasteiger partial charge in [0.15, 0.2) is 11.5 Å². The molecule has 0 bridgehead atoms. The van der Waals surface area contributed by atoms with Crippen LogP contribution < -0.4 is 24.4 Å². The van der Waals surface area contributed by atoms with Crippen molar-refractivity contribution in [3.63, 3.8) is 0 Å². The molecule has 0 fully saturated rings. The minimum atomic E-state index is -0.253. The van der Waals surface area contributed by atoms with E-state index in [9.17, 15) is 9.59 Å². The zero-order valence-corrected chi connectivity index (χ0v) is 15.8. The van der Waals surface area contributed by atoms with E-state index in [1.165, 1.54) is 39.3 Å². The highest BCUT2D eigenvalue weighted by Crippen LogP contribution is 2.41. The highest BCUT2D eigenvalue weighted by Gasteiger charge is 2.19. The Hall–Kier alpha value is -3.29. The van der Waals surface area contributed by atoms with E-state index in [2.05, 4.69) is 10.3 Å². The molecule has 1 aromatic carbocycles. The van der Waals surface area contributed by atoms with Crippen molar-refractivity contribution in [1.82, 2.24) is 10.3 Å². The summed E-state index contributed by atoms with van der Waals surface area (Å²) in [7, 11) is 4.53. The largest absolute Gasteiger partial charge is 0.493 e. The third-order valence-electron chi connectivity index (χ3n) is 3.89. The molecule has 0 radical (unpaired) electrons. The first-order valence-corrected chi connectivity index (χ1v) is 8.28. The van der Waals surface area contributed by atoms with Gasteiger partial charge in [-0.25, -0.2) is 0 Å². The fraction of sp³-hybridized carbons (Fsp3) is 0.316. The zero-order chi connectivity index (χ0) is 19.8. The van der Waals surface area contributed by atoms with Gasteiger partial charge < -0.3 is 24.4 Å². The Morgan fingerprint density at radius 2 is 1.78 bits per heavy atom. The summed E-state index contributed by atoms with van der Waals surface area (Å²) in [5.41, 5.74) is 1.03. The summed E-state index contributed by atoms with van der Waals surface area (Å²) in [6.07, 6.45) is 3.08. The summed E-state index contributed by atoms with van der Waals surface area (Å²) in [4.78, 5) is 29.7. The second-order valence-electron chi connectivity index (χ2n) is 5.55. The van der Waals surface area contributed by atoms with Crippen molar-refractivity contribution < 1.29 is 23.8 Å². The van der Waals surface area contributed by atoms with Crippen molar-refractivity contribution in [3.05, 3.63) is 42.2 Å². The van der Waals surface area contributed by atoms with Gasteiger partial charge in [-0.15, -0.1) is 0 Å². The van der Waals surface area contributed by atoms with Crippen molar-refractivity contribution in [2.75, 3.05) is 39.3 Å². The predicted molar refractivity (Wildman–Crippen MR) is 101 cm³/mol. The number of hydrogen-bond donors (Lipinski definition) is 1. The Labute approximate surface area is 158 Å². The lowest BCUT2D eigenvalue weighted by molar-refractivity contribution is -0.116. The summed E-state index contributed by atoms with van der Waals surface area (Å²) in [6, 6.07) is 6.73. The van der Waals surface area contributed by atoms with Gasteiger partial charge in [-0.3, -0.25) is 14.6 Å². The first kappa shape index (κ1) is 20.0. The molecule has 2 rings (SSSR count). The lowest BCUT2D eigenvalue weighted by Crippen LogP contribution is -2.37. The molecular formula is C19H23N3O5. The number of methoxy groups -OCH3 is 3. The topological polar surface area (TPSA) is 90.0 Å². The molecule has 0 saturated heterocycles. The number of carbonyl (C=O) groups is 2. The first-order chi connectivity index (χ1) is 13.0. The molecule has 8 nitrogen and oxygen atoms in total. The van der Waals surface area contributed by atoms with E-state index < -0.39 is 0 Å². The Morgan fingerprint density at radius 3 is 2.26 bits per heavy atom. The van der Waals surface area contributed by atoms with E-state index in [1.54, 1.807) is 30.5 Å². The second-order valence-corrected chi connectivity index (χ2v) is 5.55. The number of nitrogens with zero attached hydrogens (tertiary/aromatic N) is 2. The number of pyridine rings is 1. The quantitative estimate of drug-likeness (QED) is 0.760. The van der Waals surface area contributed by atoms with Crippen LogP contribution in [0.15, 0.2) is 36.7 Å². The summed E-state index contributed by atoms with van der Waals surface area (Å²) in [6.45, 7) is 2.00. The molecule has 0 aliphatic rings. The van der Waals surface area contributed by atoms with Crippen LogP contribution in [0.2, 0.25) is 0 Å². The molecule has 0 aliphatic carbocycles. The summed E-state index contributed by atoms with van der Waals surface area (Å²) in [5, 5.41) is 2.77. The number of amides is 2. The van der Waals surface area contributed by atoms with E-state index in [1.807, 2.05) is 0 Å². The van der Waals surface area contributed by atoms with E-state index in [0.29, 0.717) is 28.5 Å². The number of anilines is 1. The van der Waals surface area contributed by atoms with Crippen LogP contribution in [0.3, 0.4) is 0 Å². The average Bonchev–Trinajstić information content (AvgIpc) is 2.70. The monoisotopic (exact) mass is 373 g/mol. The molecule has 144 valence electrons. The maximum absolute atomic E-state index is 12.1. The summed E-state index contributed by atoms with van der Waals surface area (Å²) < 4.78 is 16.0. The minimum absolute atomic E-state index is 0.181. The van der Waals surface area contributed by atoms with Gasteiger partial charge in [-0.2, -0.15) is 0 Å². The summed E-state index contributed by atoms with van der Waals surface area (Å²) in [5.74, 6) is 0.892. The van der Waals surface area contributed by atoms with E-state index in [-0.39, 0.29) is 24.9 Å². The lowest BCUT2D eigenvalue weighted by Gasteiger charge is -2.23. The van der Waals surface area contributed by atoms with Gasteiger partial charge in [-0.1, -0.05) is 0 Å². The van der Waals surface area contributed by atoms with Crippen molar-refractivity contribution in [3.8, 4) is 17.2 Å². The molecule has 1 aromatic heterocycles. The van der Waals surface area contributed by atoms with E-state index >= 15 is 0 Å². The molecule has 1 N–H and O–H groups in total. The molecular weight excluding hydrogens is 350 g/mol. The van der Waals surface area contributed by atoms with Gasteiger partial charge in [0.05, 0.1) is 32.6 Å². The van der Waals surface area contributed by atoms with Gasteiger partial charge in [0.2, 0.25) is 11.7 Å². The molecule has 0 atom stereocenters. The summed E-state index contributed by atoms with van der Waals surface area (Å²) >= 11 is 0. The fourth-order valence-electron chi connectivity index (χ4n) is 2.57. The van der Waals surface area contributed by atoms with Crippen molar-refractivity contribution in [2.45, 2.75) is 6.92 Å². The molecule has 8 heteroatoms. The Kier molecular flexibility index (Phi) is 6.99. The number of aromatic nitrogens is 1. The van der Waals surface area contributed by atoms with Crippen molar-refractivity contribution in [1.29, 1.82) is 0 Å². The normalized spacial score (nSPS) is 10.1. The molecule has 27 heavy (non-hydrogen) atoms. The highest BCUT2D eigenvalue weighted by atomic mass is 16.5. The van der Waals surface area contributed by atoms with Crippen LogP contribution in [0.5, 0.6) is 17.2 Å². The number of hydrogen-bond acceptors (Lipinski definition) is 6. The average molecular weight is 373 g/mol. The Morgan fingerprint density at radius 1 is 1.11 bits per heavy atom. The molecule has 0 saturated carbocycles. The Bertz CT molecular complexity index is 770. The number of carbonyl (C=O) groups excluding carboxylic acids is 2. The molecule has 0 spiro atoms. The van der Waals surface area contributed by atoms with E-state index in [0.717, 1.165) is 0 Å². The van der Waals surface area contributed by atoms with Crippen LogP contribution in [-0.4, -0.2) is 51.2 Å². The highest BCUT2D eigenvalue weighted by molar-refractivity contribution is 5.94. The third-order valence-corrected chi connectivity index (χ3v) is 3.89. The molecule has 2 amide bonds. The molecule has 0 aliphatic heterocycles. The van der Waals surface area contributed by atoms with Gasteiger partial charge in [0, 0.05) is 44.5 Å². The van der Waals surface area contributed by atoms with Crippen molar-refractivity contribution >= 4 is 17.5 Å². The maximum Gasteiger partial charge on any atom is 0.252 e. The molecule has 2 aromatic rings. The van der Waals surface area contributed by atoms with Crippen LogP contribution in [0.4, 0.5) is 5.69 Å². The van der Waals surface area contributed by atoms with Crippen LogP contribution in [-0.2, 0) is 4.79 Å². The smallest absolute Gasteiger partial charge is 0.252 e.